The molecule has 0 aliphatic carbocycles. The molecule has 2 amide bonds. The Morgan fingerprint density at radius 2 is 1.97 bits per heavy atom. The first-order chi connectivity index (χ1) is 14.7. The number of nitrogens with two attached hydrogens (primary N) is 1. The zero-order valence-electron chi connectivity index (χ0n) is 16.5. The van der Waals surface area contributed by atoms with E-state index in [0.717, 1.165) is 16.9 Å². The molecule has 0 atom stereocenters. The van der Waals surface area contributed by atoms with Gasteiger partial charge in [-0.2, -0.15) is 13.2 Å². The van der Waals surface area contributed by atoms with E-state index in [1.165, 1.54) is 11.8 Å². The lowest BCUT2D eigenvalue weighted by Gasteiger charge is -2.29. The van der Waals surface area contributed by atoms with Gasteiger partial charge in [-0.15, -0.1) is 11.3 Å². The fourth-order valence-corrected chi connectivity index (χ4v) is 4.77. The predicted octanol–water partition coefficient (Wildman–Crippen LogP) is 3.73. The standard InChI is InChI=1S/C21H19F3N4O2S/c1-11(29)28-8-7-14-13(10-28)16(21(22,23)24)15-17(25)18(31-20(15)27-14)19(30)26-9-12-5-3-2-4-6-12/h2-6H,7-10,25H2,1H3,(H,26,30). The molecule has 2 aromatic heterocycles. The van der Waals surface area contributed by atoms with Crippen LogP contribution in [0, 0.1) is 0 Å². The van der Waals surface area contributed by atoms with Crippen molar-refractivity contribution in [3.63, 3.8) is 0 Å². The Kier molecular flexibility index (Phi) is 5.34. The number of nitrogens with one attached hydrogen (secondary N) is 1. The van der Waals surface area contributed by atoms with E-state index < -0.39 is 17.6 Å². The van der Waals surface area contributed by atoms with Crippen molar-refractivity contribution >= 4 is 39.1 Å². The van der Waals surface area contributed by atoms with Crippen molar-refractivity contribution in [2.75, 3.05) is 12.3 Å². The number of aromatic nitrogens is 1. The molecule has 0 fully saturated rings. The third kappa shape index (κ3) is 3.95. The highest BCUT2D eigenvalue weighted by Gasteiger charge is 2.41. The molecule has 1 aliphatic rings. The Hall–Kier alpha value is -3.14. The molecule has 0 spiro atoms. The van der Waals surface area contributed by atoms with Crippen molar-refractivity contribution in [1.29, 1.82) is 0 Å². The number of nitrogen functional groups attached to an aromatic ring is 1. The van der Waals surface area contributed by atoms with Gasteiger partial charge in [-0.25, -0.2) is 4.98 Å². The van der Waals surface area contributed by atoms with Crippen molar-refractivity contribution in [1.82, 2.24) is 15.2 Å². The number of carbonyl (C=O) groups excluding carboxylic acids is 2. The molecule has 3 heterocycles. The predicted molar refractivity (Wildman–Crippen MR) is 111 cm³/mol. The van der Waals surface area contributed by atoms with E-state index in [1.807, 2.05) is 30.3 Å². The number of anilines is 1. The number of amides is 2. The van der Waals surface area contributed by atoms with Gasteiger partial charge in [0, 0.05) is 49.6 Å². The molecule has 1 aliphatic heterocycles. The Bertz CT molecular complexity index is 1180. The quantitative estimate of drug-likeness (QED) is 0.639. The number of rotatable bonds is 3. The van der Waals surface area contributed by atoms with Crippen molar-refractivity contribution in [2.45, 2.75) is 32.6 Å². The van der Waals surface area contributed by atoms with Gasteiger partial charge in [0.1, 0.15) is 9.71 Å². The SMILES string of the molecule is CC(=O)N1CCc2nc3sc(C(=O)NCc4ccccc4)c(N)c3c(C(F)(F)F)c2C1. The normalized spacial score (nSPS) is 13.9. The summed E-state index contributed by atoms with van der Waals surface area (Å²) in [5.41, 5.74) is 6.00. The van der Waals surface area contributed by atoms with Crippen LogP contribution in [0.2, 0.25) is 0 Å². The average molecular weight is 448 g/mol. The molecule has 3 aromatic rings. The van der Waals surface area contributed by atoms with Gasteiger partial charge in [-0.3, -0.25) is 9.59 Å². The Morgan fingerprint density at radius 3 is 2.61 bits per heavy atom. The molecule has 31 heavy (non-hydrogen) atoms. The zero-order chi connectivity index (χ0) is 22.3. The van der Waals surface area contributed by atoms with Crippen LogP contribution in [0.3, 0.4) is 0 Å². The van der Waals surface area contributed by atoms with Crippen molar-refractivity contribution in [3.8, 4) is 0 Å². The van der Waals surface area contributed by atoms with E-state index in [4.69, 9.17) is 5.73 Å². The number of fused-ring (bicyclic) bond motifs is 2. The van der Waals surface area contributed by atoms with Gasteiger partial charge in [-0.05, 0) is 5.56 Å². The second-order valence-corrected chi connectivity index (χ2v) is 8.29. The second-order valence-electron chi connectivity index (χ2n) is 7.29. The molecule has 0 saturated carbocycles. The van der Waals surface area contributed by atoms with Crippen LogP contribution in [-0.2, 0) is 30.5 Å². The number of pyridine rings is 1. The fourth-order valence-electron chi connectivity index (χ4n) is 3.73. The summed E-state index contributed by atoms with van der Waals surface area (Å²) >= 11 is 0.849. The lowest BCUT2D eigenvalue weighted by atomic mass is 9.96. The highest BCUT2D eigenvalue weighted by atomic mass is 32.1. The lowest BCUT2D eigenvalue weighted by molar-refractivity contribution is -0.138. The van der Waals surface area contributed by atoms with Crippen molar-refractivity contribution in [2.24, 2.45) is 0 Å². The number of carbonyl (C=O) groups is 2. The Balaban J connectivity index is 1.78. The van der Waals surface area contributed by atoms with Crippen LogP contribution in [0.5, 0.6) is 0 Å². The van der Waals surface area contributed by atoms with Crippen LogP contribution < -0.4 is 11.1 Å². The monoisotopic (exact) mass is 448 g/mol. The highest BCUT2D eigenvalue weighted by molar-refractivity contribution is 7.21. The summed E-state index contributed by atoms with van der Waals surface area (Å²) in [5, 5.41) is 2.42. The molecule has 162 valence electrons. The zero-order valence-corrected chi connectivity index (χ0v) is 17.4. The number of benzene rings is 1. The number of nitrogens with zero attached hydrogens (tertiary/aromatic N) is 2. The lowest BCUT2D eigenvalue weighted by Crippen LogP contribution is -2.36. The fraction of sp³-hybridized carbons (Fsp3) is 0.286. The molecular weight excluding hydrogens is 429 g/mol. The summed E-state index contributed by atoms with van der Waals surface area (Å²) in [5.74, 6) is -0.862. The van der Waals surface area contributed by atoms with Crippen molar-refractivity contribution in [3.05, 3.63) is 57.6 Å². The summed E-state index contributed by atoms with van der Waals surface area (Å²) in [4.78, 5) is 30.2. The van der Waals surface area contributed by atoms with E-state index in [-0.39, 0.29) is 57.5 Å². The summed E-state index contributed by atoms with van der Waals surface area (Å²) in [6, 6.07) is 9.14. The number of alkyl halides is 3. The molecule has 0 radical (unpaired) electrons. The first-order valence-electron chi connectivity index (χ1n) is 9.55. The maximum Gasteiger partial charge on any atom is 0.417 e. The summed E-state index contributed by atoms with van der Waals surface area (Å²) < 4.78 is 42.3. The van der Waals surface area contributed by atoms with Gasteiger partial charge >= 0.3 is 6.18 Å². The van der Waals surface area contributed by atoms with Gasteiger partial charge in [-0.1, -0.05) is 30.3 Å². The molecule has 6 nitrogen and oxygen atoms in total. The average Bonchev–Trinajstić information content (AvgIpc) is 3.05. The van der Waals surface area contributed by atoms with Crippen LogP contribution in [0.15, 0.2) is 30.3 Å². The molecule has 3 N–H and O–H groups in total. The molecular formula is C21H19F3N4O2S. The van der Waals surface area contributed by atoms with Crippen molar-refractivity contribution < 1.29 is 22.8 Å². The van der Waals surface area contributed by atoms with Crippen LogP contribution in [0.4, 0.5) is 18.9 Å². The molecule has 4 rings (SSSR count). The Labute approximate surface area is 179 Å². The third-order valence-corrected chi connectivity index (χ3v) is 6.36. The van der Waals surface area contributed by atoms with E-state index in [0.29, 0.717) is 6.54 Å². The Morgan fingerprint density at radius 1 is 1.26 bits per heavy atom. The molecule has 0 bridgehead atoms. The van der Waals surface area contributed by atoms with Gasteiger partial charge in [0.15, 0.2) is 0 Å². The molecule has 0 saturated heterocycles. The summed E-state index contributed by atoms with van der Waals surface area (Å²) in [6.07, 6.45) is -4.50. The topological polar surface area (TPSA) is 88.3 Å². The van der Waals surface area contributed by atoms with Crippen LogP contribution in [-0.4, -0.2) is 28.2 Å². The highest BCUT2D eigenvalue weighted by Crippen LogP contribution is 2.45. The number of hydrogen-bond donors (Lipinski definition) is 2. The number of hydrogen-bond acceptors (Lipinski definition) is 5. The summed E-state index contributed by atoms with van der Waals surface area (Å²) in [7, 11) is 0. The third-order valence-electron chi connectivity index (χ3n) is 5.26. The minimum Gasteiger partial charge on any atom is -0.397 e. The van der Waals surface area contributed by atoms with E-state index in [1.54, 1.807) is 0 Å². The van der Waals surface area contributed by atoms with Crippen LogP contribution in [0.25, 0.3) is 10.2 Å². The van der Waals surface area contributed by atoms with Gasteiger partial charge in [0.05, 0.1) is 11.3 Å². The summed E-state index contributed by atoms with van der Waals surface area (Å²) in [6.45, 7) is 1.64. The number of halogens is 3. The largest absolute Gasteiger partial charge is 0.417 e. The van der Waals surface area contributed by atoms with Gasteiger partial charge < -0.3 is 16.0 Å². The minimum atomic E-state index is -4.71. The second kappa shape index (κ2) is 7.84. The maximum atomic E-state index is 14.1. The first-order valence-corrected chi connectivity index (χ1v) is 10.4. The van der Waals surface area contributed by atoms with Crippen LogP contribution in [0.1, 0.15) is 39.0 Å². The van der Waals surface area contributed by atoms with Crippen LogP contribution >= 0.6 is 11.3 Å². The molecule has 0 unspecified atom stereocenters. The smallest absolute Gasteiger partial charge is 0.397 e. The number of thiophene rings is 1. The minimum absolute atomic E-state index is 0.00491. The van der Waals surface area contributed by atoms with E-state index >= 15 is 0 Å². The van der Waals surface area contributed by atoms with Gasteiger partial charge in [0.25, 0.3) is 5.91 Å². The van der Waals surface area contributed by atoms with Gasteiger partial charge in [0.2, 0.25) is 5.91 Å². The maximum absolute atomic E-state index is 14.1. The van der Waals surface area contributed by atoms with E-state index in [2.05, 4.69) is 10.3 Å². The molecule has 1 aromatic carbocycles. The first kappa shape index (κ1) is 21.1. The molecule has 10 heteroatoms. The van der Waals surface area contributed by atoms with E-state index in [9.17, 15) is 22.8 Å².